The van der Waals surface area contributed by atoms with Gasteiger partial charge < -0.3 is 19.3 Å². The highest BCUT2D eigenvalue weighted by molar-refractivity contribution is 5.34. The lowest BCUT2D eigenvalue weighted by Gasteiger charge is -2.72. The average Bonchev–Trinajstić information content (AvgIpc) is 2.84. The van der Waals surface area contributed by atoms with Gasteiger partial charge in [-0.25, -0.2) is 0 Å². The van der Waals surface area contributed by atoms with E-state index >= 15 is 0 Å². The van der Waals surface area contributed by atoms with E-state index in [2.05, 4.69) is 68.4 Å². The van der Waals surface area contributed by atoms with Crippen molar-refractivity contribution in [1.29, 1.82) is 0 Å². The molecule has 0 aromatic rings. The Balaban J connectivity index is 1.35. The second-order valence-corrected chi connectivity index (χ2v) is 17.9. The van der Waals surface area contributed by atoms with Crippen LogP contribution in [0.3, 0.4) is 0 Å². The van der Waals surface area contributed by atoms with Gasteiger partial charge in [-0.2, -0.15) is 0 Å². The van der Waals surface area contributed by atoms with Gasteiger partial charge in [0.2, 0.25) is 0 Å². The summed E-state index contributed by atoms with van der Waals surface area (Å²) in [5, 5.41) is 10.1. The fourth-order valence-electron chi connectivity index (χ4n) is 12.0. The second kappa shape index (κ2) is 9.05. The van der Waals surface area contributed by atoms with Gasteiger partial charge in [-0.05, 0) is 118 Å². The monoisotopic (exact) mass is 556 g/mol. The van der Waals surface area contributed by atoms with Crippen LogP contribution in [-0.2, 0) is 14.2 Å². The zero-order valence-electron chi connectivity index (χ0n) is 27.5. The van der Waals surface area contributed by atoms with Crippen LogP contribution >= 0.6 is 0 Å². The Hall–Kier alpha value is -0.420. The van der Waals surface area contributed by atoms with Crippen LogP contribution in [0.15, 0.2) is 11.6 Å². The number of hydrogen-bond acceptors (Lipinski definition) is 4. The van der Waals surface area contributed by atoms with Crippen molar-refractivity contribution in [2.45, 2.75) is 151 Å². The lowest BCUT2D eigenvalue weighted by atomic mass is 9.33. The number of ether oxygens (including phenoxy) is 3. The van der Waals surface area contributed by atoms with Gasteiger partial charge >= 0.3 is 0 Å². The number of fused-ring (bicyclic) bond motifs is 9. The highest BCUT2D eigenvalue weighted by Gasteiger charge is 2.70. The summed E-state index contributed by atoms with van der Waals surface area (Å²) in [4.78, 5) is 0. The Morgan fingerprint density at radius 1 is 0.875 bits per heavy atom. The van der Waals surface area contributed by atoms with Crippen molar-refractivity contribution < 1.29 is 19.3 Å². The standard InChI is InChI=1S/C36H60O4/c1-23(37)21-38-29-20-30(2,3)19-25-24-11-12-27-33(7)15-14-28-34(8,22-39-31(4,5)40-28)26(33)13-16-36(27,10)35(24,9)18-17-32(25,29)6/h11,23,25-29,37H,12-22H2,1-10H3/t23?,25-,26?,27-,28?,29-,32-,33+,34?,35-,36-/m1/s1. The third-order valence-corrected chi connectivity index (χ3v) is 14.5. The van der Waals surface area contributed by atoms with Gasteiger partial charge in [0, 0.05) is 10.8 Å². The molecule has 1 aliphatic heterocycles. The summed E-state index contributed by atoms with van der Waals surface area (Å²) in [5.74, 6) is 1.44. The highest BCUT2D eigenvalue weighted by atomic mass is 16.7. The van der Waals surface area contributed by atoms with Crippen LogP contribution in [0.4, 0.5) is 0 Å². The van der Waals surface area contributed by atoms with E-state index in [0.717, 1.165) is 19.4 Å². The molecule has 6 aliphatic rings. The first kappa shape index (κ1) is 29.6. The SMILES string of the molecule is CC(O)CO[C@@H]1CC(C)(C)C[C@@H]2C3=CC[C@@H]4[C@@]5(C)CCC6OC(C)(C)OCC6(C)C5CC[C@@]4(C)[C@]3(C)CC[C@]21C. The van der Waals surface area contributed by atoms with Crippen LogP contribution in [0.1, 0.15) is 127 Å². The van der Waals surface area contributed by atoms with E-state index in [1.807, 2.05) is 6.92 Å². The summed E-state index contributed by atoms with van der Waals surface area (Å²) in [6.45, 7) is 25.3. The molecule has 0 aromatic heterocycles. The minimum absolute atomic E-state index is 0.0989. The molecule has 4 nitrogen and oxygen atoms in total. The Morgan fingerprint density at radius 3 is 2.30 bits per heavy atom. The number of allylic oxidation sites excluding steroid dienone is 2. The minimum Gasteiger partial charge on any atom is -0.391 e. The number of aliphatic hydroxyl groups excluding tert-OH is 1. The normalized spacial score (nSPS) is 53.6. The molecule has 4 unspecified atom stereocenters. The third kappa shape index (κ3) is 4.04. The Morgan fingerprint density at radius 2 is 1.60 bits per heavy atom. The molecule has 0 spiro atoms. The van der Waals surface area contributed by atoms with Crippen LogP contribution < -0.4 is 0 Å². The largest absolute Gasteiger partial charge is 0.391 e. The molecule has 4 heteroatoms. The zero-order chi connectivity index (χ0) is 29.1. The van der Waals surface area contributed by atoms with E-state index in [1.54, 1.807) is 5.57 Å². The summed E-state index contributed by atoms with van der Waals surface area (Å²) < 4.78 is 19.5. The summed E-state index contributed by atoms with van der Waals surface area (Å²) in [6, 6.07) is 0. The van der Waals surface area contributed by atoms with Crippen molar-refractivity contribution in [3.63, 3.8) is 0 Å². The molecule has 40 heavy (non-hydrogen) atoms. The van der Waals surface area contributed by atoms with Crippen molar-refractivity contribution in [2.75, 3.05) is 13.2 Å². The first-order valence-corrected chi connectivity index (χ1v) is 16.7. The smallest absolute Gasteiger partial charge is 0.163 e. The fraction of sp³-hybridized carbons (Fsp3) is 0.944. The maximum absolute atomic E-state index is 10.1. The van der Waals surface area contributed by atoms with Crippen molar-refractivity contribution >= 4 is 0 Å². The van der Waals surface area contributed by atoms with Gasteiger partial charge in [0.15, 0.2) is 5.79 Å². The maximum atomic E-state index is 10.1. The molecule has 1 heterocycles. The van der Waals surface area contributed by atoms with Gasteiger partial charge in [0.25, 0.3) is 0 Å². The van der Waals surface area contributed by atoms with Crippen LogP contribution in [0.25, 0.3) is 0 Å². The summed E-state index contributed by atoms with van der Waals surface area (Å²) in [5.41, 5.74) is 3.11. The van der Waals surface area contributed by atoms with Crippen LogP contribution in [0.5, 0.6) is 0 Å². The second-order valence-electron chi connectivity index (χ2n) is 17.9. The number of aliphatic hydroxyl groups is 1. The van der Waals surface area contributed by atoms with Crippen molar-refractivity contribution in [3.05, 3.63) is 11.6 Å². The van der Waals surface area contributed by atoms with Crippen molar-refractivity contribution in [1.82, 2.24) is 0 Å². The van der Waals surface area contributed by atoms with Crippen LogP contribution in [0.2, 0.25) is 0 Å². The van der Waals surface area contributed by atoms with Crippen molar-refractivity contribution in [3.8, 4) is 0 Å². The molecule has 5 aliphatic carbocycles. The quantitative estimate of drug-likeness (QED) is 0.355. The minimum atomic E-state index is -0.462. The maximum Gasteiger partial charge on any atom is 0.163 e. The topological polar surface area (TPSA) is 47.9 Å². The molecule has 4 saturated carbocycles. The zero-order valence-corrected chi connectivity index (χ0v) is 27.5. The van der Waals surface area contributed by atoms with E-state index in [-0.39, 0.29) is 27.8 Å². The van der Waals surface area contributed by atoms with Gasteiger partial charge in [0.1, 0.15) is 0 Å². The predicted molar refractivity (Wildman–Crippen MR) is 161 cm³/mol. The molecular formula is C36H60O4. The first-order valence-electron chi connectivity index (χ1n) is 16.7. The van der Waals surface area contributed by atoms with Gasteiger partial charge in [-0.3, -0.25) is 0 Å². The van der Waals surface area contributed by atoms with Gasteiger partial charge in [-0.1, -0.05) is 60.1 Å². The number of rotatable bonds is 3. The van der Waals surface area contributed by atoms with Crippen molar-refractivity contribution in [2.24, 2.45) is 50.2 Å². The summed E-state index contributed by atoms with van der Waals surface area (Å²) in [6.07, 6.45) is 14.0. The molecule has 0 bridgehead atoms. The summed E-state index contributed by atoms with van der Waals surface area (Å²) in [7, 11) is 0. The van der Waals surface area contributed by atoms with E-state index < -0.39 is 11.9 Å². The Kier molecular flexibility index (Phi) is 6.71. The molecule has 0 amide bonds. The summed E-state index contributed by atoms with van der Waals surface area (Å²) >= 11 is 0. The lowest BCUT2D eigenvalue weighted by molar-refractivity contribution is -0.351. The predicted octanol–water partition coefficient (Wildman–Crippen LogP) is 8.32. The third-order valence-electron chi connectivity index (χ3n) is 14.5. The van der Waals surface area contributed by atoms with Crippen LogP contribution in [-0.4, -0.2) is 42.4 Å². The Bertz CT molecular complexity index is 1050. The first-order chi connectivity index (χ1) is 18.4. The van der Waals surface area contributed by atoms with E-state index in [4.69, 9.17) is 14.2 Å². The fourth-order valence-corrected chi connectivity index (χ4v) is 12.0. The molecule has 228 valence electrons. The van der Waals surface area contributed by atoms with E-state index in [9.17, 15) is 5.11 Å². The van der Waals surface area contributed by atoms with E-state index in [1.165, 1.54) is 44.9 Å². The average molecular weight is 557 g/mol. The van der Waals surface area contributed by atoms with Crippen LogP contribution in [0, 0.1) is 50.2 Å². The van der Waals surface area contributed by atoms with E-state index in [0.29, 0.717) is 41.3 Å². The molecule has 0 radical (unpaired) electrons. The highest BCUT2D eigenvalue weighted by Crippen LogP contribution is 2.76. The molecular weight excluding hydrogens is 496 g/mol. The molecule has 11 atom stereocenters. The molecule has 1 N–H and O–H groups in total. The Labute approximate surface area is 245 Å². The lowest BCUT2D eigenvalue weighted by Crippen LogP contribution is -2.68. The van der Waals surface area contributed by atoms with Gasteiger partial charge in [0.05, 0.1) is 31.5 Å². The molecule has 1 saturated heterocycles. The van der Waals surface area contributed by atoms with Gasteiger partial charge in [-0.15, -0.1) is 0 Å². The molecule has 0 aromatic carbocycles. The number of hydrogen-bond donors (Lipinski definition) is 1. The molecule has 6 rings (SSSR count). The molecule has 5 fully saturated rings.